The highest BCUT2D eigenvalue weighted by atomic mass is 32.2. The summed E-state index contributed by atoms with van der Waals surface area (Å²) in [5.41, 5.74) is 2.92. The summed E-state index contributed by atoms with van der Waals surface area (Å²) in [6.07, 6.45) is 0.893. The first-order chi connectivity index (χ1) is 13.5. The molecule has 152 valence electrons. The first-order valence-corrected chi connectivity index (χ1v) is 11.1. The number of hydrogen-bond donors (Lipinski definition) is 1. The van der Waals surface area contributed by atoms with Gasteiger partial charge in [-0.25, -0.2) is 9.97 Å². The second-order valence-electron chi connectivity index (χ2n) is 7.12. The van der Waals surface area contributed by atoms with E-state index >= 15 is 0 Å². The molecule has 1 aromatic carbocycles. The molecular formula is C22H32N4OS. The summed E-state index contributed by atoms with van der Waals surface area (Å²) in [5, 5.41) is 3.75. The van der Waals surface area contributed by atoms with Crippen molar-refractivity contribution in [1.82, 2.24) is 15.3 Å². The minimum absolute atomic E-state index is 0.0178. The fraction of sp³-hybridized carbons (Fsp3) is 0.500. The maximum Gasteiger partial charge on any atom is 0.251 e. The topological polar surface area (TPSA) is 58.1 Å². The Hall–Kier alpha value is -2.08. The van der Waals surface area contributed by atoms with Gasteiger partial charge in [-0.15, -0.1) is 0 Å². The van der Waals surface area contributed by atoms with Gasteiger partial charge in [-0.3, -0.25) is 4.79 Å². The zero-order chi connectivity index (χ0) is 20.5. The van der Waals surface area contributed by atoms with Crippen LogP contribution in [0.15, 0.2) is 35.5 Å². The van der Waals surface area contributed by atoms with E-state index in [1.165, 1.54) is 0 Å². The summed E-state index contributed by atoms with van der Waals surface area (Å²) in [7, 11) is 0. The quantitative estimate of drug-likeness (QED) is 0.468. The second-order valence-corrected chi connectivity index (χ2v) is 8.06. The number of thioether (sulfide) groups is 1. The number of rotatable bonds is 10. The van der Waals surface area contributed by atoms with Crippen LogP contribution in [0.5, 0.6) is 0 Å². The highest BCUT2D eigenvalue weighted by Crippen LogP contribution is 2.23. The van der Waals surface area contributed by atoms with Crippen LogP contribution in [-0.4, -0.2) is 35.5 Å². The van der Waals surface area contributed by atoms with Crippen molar-refractivity contribution >= 4 is 23.5 Å². The molecule has 0 aliphatic rings. The van der Waals surface area contributed by atoms with Crippen molar-refractivity contribution in [3.05, 3.63) is 47.2 Å². The first kappa shape index (κ1) is 22.2. The molecule has 5 nitrogen and oxygen atoms in total. The lowest BCUT2D eigenvalue weighted by atomic mass is 10.1. The molecule has 28 heavy (non-hydrogen) atoms. The minimum atomic E-state index is -0.0178. The van der Waals surface area contributed by atoms with Gasteiger partial charge in [0.1, 0.15) is 5.82 Å². The molecule has 0 saturated heterocycles. The van der Waals surface area contributed by atoms with E-state index in [1.54, 1.807) is 11.8 Å². The number of aromatic nitrogens is 2. The summed E-state index contributed by atoms with van der Waals surface area (Å²) >= 11 is 1.63. The number of amides is 1. The molecule has 0 spiro atoms. The smallest absolute Gasteiger partial charge is 0.251 e. The molecule has 1 amide bonds. The Morgan fingerprint density at radius 1 is 1.11 bits per heavy atom. The summed E-state index contributed by atoms with van der Waals surface area (Å²) in [6, 6.07) is 9.87. The summed E-state index contributed by atoms with van der Waals surface area (Å²) in [5.74, 6) is 2.20. The van der Waals surface area contributed by atoms with Crippen molar-refractivity contribution in [2.75, 3.05) is 24.5 Å². The van der Waals surface area contributed by atoms with E-state index < -0.39 is 0 Å². The van der Waals surface area contributed by atoms with Gasteiger partial charge in [0.2, 0.25) is 0 Å². The van der Waals surface area contributed by atoms with E-state index in [0.717, 1.165) is 47.5 Å². The number of aryl methyl sites for hydroxylation is 1. The van der Waals surface area contributed by atoms with Gasteiger partial charge >= 0.3 is 0 Å². The van der Waals surface area contributed by atoms with E-state index in [-0.39, 0.29) is 5.91 Å². The third-order valence-corrected chi connectivity index (χ3v) is 5.37. The lowest BCUT2D eigenvalue weighted by Crippen LogP contribution is -2.27. The molecule has 0 aliphatic heterocycles. The third kappa shape index (κ3) is 6.51. The lowest BCUT2D eigenvalue weighted by molar-refractivity contribution is 0.0949. The van der Waals surface area contributed by atoms with Gasteiger partial charge in [0.05, 0.1) is 0 Å². The van der Waals surface area contributed by atoms with Gasteiger partial charge in [0.15, 0.2) is 5.16 Å². The van der Waals surface area contributed by atoms with E-state index in [4.69, 9.17) is 4.98 Å². The van der Waals surface area contributed by atoms with E-state index in [2.05, 4.69) is 55.9 Å². The molecule has 0 unspecified atom stereocenters. The number of carbonyl (C=O) groups excluding carboxylic acids is 1. The molecule has 0 saturated carbocycles. The van der Waals surface area contributed by atoms with E-state index in [1.807, 2.05) is 24.3 Å². The Kier molecular flexibility index (Phi) is 8.77. The Balaban J connectivity index is 2.03. The third-order valence-electron chi connectivity index (χ3n) is 4.45. The Morgan fingerprint density at radius 2 is 1.79 bits per heavy atom. The van der Waals surface area contributed by atoms with E-state index in [0.29, 0.717) is 18.0 Å². The van der Waals surface area contributed by atoms with E-state index in [9.17, 15) is 4.79 Å². The predicted octanol–water partition coefficient (Wildman–Crippen LogP) is 4.56. The van der Waals surface area contributed by atoms with Crippen LogP contribution in [0.25, 0.3) is 0 Å². The van der Waals surface area contributed by atoms with Crippen LogP contribution in [-0.2, 0) is 12.2 Å². The number of nitrogens with zero attached hydrogens (tertiary/aromatic N) is 3. The normalized spacial score (nSPS) is 10.9. The highest BCUT2D eigenvalue weighted by Gasteiger charge is 2.10. The number of anilines is 1. The van der Waals surface area contributed by atoms with Gasteiger partial charge in [-0.1, -0.05) is 44.7 Å². The fourth-order valence-corrected chi connectivity index (χ4v) is 3.54. The maximum atomic E-state index is 12.1. The van der Waals surface area contributed by atoms with Gasteiger partial charge in [0, 0.05) is 42.7 Å². The number of nitrogens with one attached hydrogen (secondary N) is 1. The van der Waals surface area contributed by atoms with Crippen molar-refractivity contribution in [3.63, 3.8) is 0 Å². The molecule has 1 heterocycles. The molecule has 0 bridgehead atoms. The zero-order valence-electron chi connectivity index (χ0n) is 17.7. The van der Waals surface area contributed by atoms with Crippen molar-refractivity contribution < 1.29 is 4.79 Å². The molecular weight excluding hydrogens is 368 g/mol. The van der Waals surface area contributed by atoms with Crippen molar-refractivity contribution in [1.29, 1.82) is 0 Å². The zero-order valence-corrected chi connectivity index (χ0v) is 18.5. The molecule has 1 aromatic heterocycles. The monoisotopic (exact) mass is 400 g/mol. The SMILES string of the molecule is CCc1cc(N(CC)CC)nc(SCc2ccc(C(=O)NCC(C)C)cc2)n1. The first-order valence-electron chi connectivity index (χ1n) is 10.1. The number of benzene rings is 1. The molecule has 6 heteroatoms. The van der Waals surface area contributed by atoms with Gasteiger partial charge in [-0.2, -0.15) is 0 Å². The average Bonchev–Trinajstić information content (AvgIpc) is 2.71. The van der Waals surface area contributed by atoms with Crippen LogP contribution in [0, 0.1) is 5.92 Å². The summed E-state index contributed by atoms with van der Waals surface area (Å²) in [4.78, 5) is 23.8. The molecule has 2 rings (SSSR count). The number of hydrogen-bond acceptors (Lipinski definition) is 5. The fourth-order valence-electron chi connectivity index (χ4n) is 2.71. The van der Waals surface area contributed by atoms with Crippen molar-refractivity contribution in [3.8, 4) is 0 Å². The second kappa shape index (κ2) is 11.1. The van der Waals surface area contributed by atoms with Crippen LogP contribution in [0.1, 0.15) is 56.2 Å². The van der Waals surface area contributed by atoms with Gasteiger partial charge < -0.3 is 10.2 Å². The summed E-state index contributed by atoms with van der Waals surface area (Å²) in [6.45, 7) is 13.1. The molecule has 2 aromatic rings. The van der Waals surface area contributed by atoms with Crippen LogP contribution in [0.4, 0.5) is 5.82 Å². The Morgan fingerprint density at radius 3 is 2.36 bits per heavy atom. The summed E-state index contributed by atoms with van der Waals surface area (Å²) < 4.78 is 0. The van der Waals surface area contributed by atoms with Gasteiger partial charge in [0.25, 0.3) is 5.91 Å². The highest BCUT2D eigenvalue weighted by molar-refractivity contribution is 7.98. The van der Waals surface area contributed by atoms with Crippen LogP contribution < -0.4 is 10.2 Å². The molecule has 0 fully saturated rings. The molecule has 0 aliphatic carbocycles. The average molecular weight is 401 g/mol. The Labute approximate surface area is 173 Å². The Bertz CT molecular complexity index is 758. The minimum Gasteiger partial charge on any atom is -0.357 e. The molecule has 0 atom stereocenters. The number of carbonyl (C=O) groups is 1. The predicted molar refractivity (Wildman–Crippen MR) is 118 cm³/mol. The maximum absolute atomic E-state index is 12.1. The lowest BCUT2D eigenvalue weighted by Gasteiger charge is -2.20. The van der Waals surface area contributed by atoms with Crippen LogP contribution in [0.3, 0.4) is 0 Å². The van der Waals surface area contributed by atoms with Gasteiger partial charge in [-0.05, 0) is 43.9 Å². The molecule has 0 radical (unpaired) electrons. The van der Waals surface area contributed by atoms with Crippen molar-refractivity contribution in [2.24, 2.45) is 5.92 Å². The largest absolute Gasteiger partial charge is 0.357 e. The standard InChI is InChI=1S/C22H32N4OS/c1-6-19-13-20(26(7-2)8-3)25-22(24-19)28-15-17-9-11-18(12-10-17)21(27)23-14-16(4)5/h9-13,16H,6-8,14-15H2,1-5H3,(H,23,27). The van der Waals surface area contributed by atoms with Crippen molar-refractivity contribution in [2.45, 2.75) is 51.9 Å². The van der Waals surface area contributed by atoms with Crippen LogP contribution >= 0.6 is 11.8 Å². The molecule has 1 N–H and O–H groups in total. The van der Waals surface area contributed by atoms with Crippen LogP contribution in [0.2, 0.25) is 0 Å².